The number of hydrogen-bond donors (Lipinski definition) is 1. The number of nitrogens with zero attached hydrogens (tertiary/aromatic N) is 1. The lowest BCUT2D eigenvalue weighted by atomic mass is 10.1. The van der Waals surface area contributed by atoms with Gasteiger partial charge in [0, 0.05) is 18.1 Å². The molecule has 1 fully saturated rings. The predicted octanol–water partition coefficient (Wildman–Crippen LogP) is 2.18. The standard InChI is InChI=1S/C15H21ClN2O2/c1-11(20-14-5-3-4-13(16)8-14)15(19)18-7-6-12(10-18)9-17-2/h3-5,8,11-12,17H,6-7,9-10H2,1-2H3. The Labute approximate surface area is 125 Å². The molecule has 1 aromatic carbocycles. The van der Waals surface area contributed by atoms with Gasteiger partial charge in [-0.1, -0.05) is 17.7 Å². The van der Waals surface area contributed by atoms with Gasteiger partial charge < -0.3 is 15.0 Å². The summed E-state index contributed by atoms with van der Waals surface area (Å²) in [4.78, 5) is 14.2. The van der Waals surface area contributed by atoms with Crippen molar-refractivity contribution in [3.05, 3.63) is 29.3 Å². The van der Waals surface area contributed by atoms with Gasteiger partial charge in [0.2, 0.25) is 0 Å². The molecule has 0 aromatic heterocycles. The first kappa shape index (κ1) is 15.1. The molecule has 0 radical (unpaired) electrons. The van der Waals surface area contributed by atoms with Gasteiger partial charge >= 0.3 is 0 Å². The molecule has 4 nitrogen and oxygen atoms in total. The number of ether oxygens (including phenoxy) is 1. The lowest BCUT2D eigenvalue weighted by Gasteiger charge is -2.22. The van der Waals surface area contributed by atoms with E-state index in [-0.39, 0.29) is 5.91 Å². The molecule has 5 heteroatoms. The third-order valence-electron chi connectivity index (χ3n) is 3.55. The van der Waals surface area contributed by atoms with E-state index in [1.165, 1.54) is 0 Å². The van der Waals surface area contributed by atoms with E-state index in [1.807, 2.05) is 24.1 Å². The molecular weight excluding hydrogens is 276 g/mol. The van der Waals surface area contributed by atoms with E-state index in [0.717, 1.165) is 26.1 Å². The first-order valence-electron chi connectivity index (χ1n) is 6.95. The lowest BCUT2D eigenvalue weighted by molar-refractivity contribution is -0.137. The molecule has 1 aromatic rings. The molecule has 20 heavy (non-hydrogen) atoms. The van der Waals surface area contributed by atoms with Gasteiger partial charge in [0.15, 0.2) is 6.10 Å². The Kier molecular flexibility index (Phi) is 5.26. The number of hydrogen-bond acceptors (Lipinski definition) is 3. The van der Waals surface area contributed by atoms with E-state index >= 15 is 0 Å². The van der Waals surface area contributed by atoms with Crippen molar-refractivity contribution in [2.24, 2.45) is 5.92 Å². The molecule has 1 heterocycles. The Bertz CT molecular complexity index is 467. The van der Waals surface area contributed by atoms with E-state index < -0.39 is 6.10 Å². The fraction of sp³-hybridized carbons (Fsp3) is 0.533. The number of benzene rings is 1. The number of carbonyl (C=O) groups excluding carboxylic acids is 1. The second kappa shape index (κ2) is 6.95. The van der Waals surface area contributed by atoms with E-state index in [4.69, 9.17) is 16.3 Å². The average molecular weight is 297 g/mol. The molecule has 1 N–H and O–H groups in total. The summed E-state index contributed by atoms with van der Waals surface area (Å²) in [5.74, 6) is 1.22. The van der Waals surface area contributed by atoms with Gasteiger partial charge in [0.25, 0.3) is 5.91 Å². The van der Waals surface area contributed by atoms with Crippen LogP contribution in [0.3, 0.4) is 0 Å². The van der Waals surface area contributed by atoms with Crippen molar-refractivity contribution in [1.29, 1.82) is 0 Å². The maximum atomic E-state index is 12.3. The number of rotatable bonds is 5. The van der Waals surface area contributed by atoms with Gasteiger partial charge in [-0.25, -0.2) is 0 Å². The van der Waals surface area contributed by atoms with Gasteiger partial charge in [0.1, 0.15) is 5.75 Å². The highest BCUT2D eigenvalue weighted by atomic mass is 35.5. The van der Waals surface area contributed by atoms with E-state index in [0.29, 0.717) is 16.7 Å². The molecule has 2 atom stereocenters. The summed E-state index contributed by atoms with van der Waals surface area (Å²) >= 11 is 5.91. The van der Waals surface area contributed by atoms with Crippen LogP contribution in [0.1, 0.15) is 13.3 Å². The highest BCUT2D eigenvalue weighted by molar-refractivity contribution is 6.30. The zero-order valence-corrected chi connectivity index (χ0v) is 12.7. The summed E-state index contributed by atoms with van der Waals surface area (Å²) in [6.07, 6.45) is 0.568. The van der Waals surface area contributed by atoms with Crippen LogP contribution in [0.15, 0.2) is 24.3 Å². The normalized spacial score (nSPS) is 19.9. The minimum atomic E-state index is -0.484. The maximum Gasteiger partial charge on any atom is 0.263 e. The minimum Gasteiger partial charge on any atom is -0.481 e. The van der Waals surface area contributed by atoms with Crippen LogP contribution in [0.5, 0.6) is 5.75 Å². The molecule has 2 unspecified atom stereocenters. The predicted molar refractivity (Wildman–Crippen MR) is 80.2 cm³/mol. The summed E-state index contributed by atoms with van der Waals surface area (Å²) in [5.41, 5.74) is 0. The SMILES string of the molecule is CNCC1CCN(C(=O)C(C)Oc2cccc(Cl)c2)C1. The molecule has 1 saturated heterocycles. The summed E-state index contributed by atoms with van der Waals surface area (Å²) in [6, 6.07) is 7.12. The molecule has 110 valence electrons. The molecule has 0 aliphatic carbocycles. The fourth-order valence-electron chi connectivity index (χ4n) is 2.54. The number of amides is 1. The smallest absolute Gasteiger partial charge is 0.263 e. The monoisotopic (exact) mass is 296 g/mol. The molecular formula is C15H21ClN2O2. The van der Waals surface area contributed by atoms with Crippen molar-refractivity contribution >= 4 is 17.5 Å². The minimum absolute atomic E-state index is 0.0450. The third kappa shape index (κ3) is 3.87. The number of nitrogens with one attached hydrogen (secondary N) is 1. The lowest BCUT2D eigenvalue weighted by Crippen LogP contribution is -2.39. The first-order valence-corrected chi connectivity index (χ1v) is 7.33. The molecule has 1 aliphatic heterocycles. The van der Waals surface area contributed by atoms with Crippen molar-refractivity contribution in [3.63, 3.8) is 0 Å². The summed E-state index contributed by atoms with van der Waals surface area (Å²) in [5, 5.41) is 3.77. The molecule has 0 spiro atoms. The van der Waals surface area contributed by atoms with E-state index in [9.17, 15) is 4.79 Å². The zero-order chi connectivity index (χ0) is 14.5. The Morgan fingerprint density at radius 1 is 1.60 bits per heavy atom. The van der Waals surface area contributed by atoms with Gasteiger partial charge in [0.05, 0.1) is 0 Å². The van der Waals surface area contributed by atoms with E-state index in [1.54, 1.807) is 19.1 Å². The van der Waals surface area contributed by atoms with Crippen LogP contribution in [-0.2, 0) is 4.79 Å². The molecule has 0 bridgehead atoms. The number of likely N-dealkylation sites (tertiary alicyclic amines) is 1. The average Bonchev–Trinajstić information content (AvgIpc) is 2.87. The van der Waals surface area contributed by atoms with E-state index in [2.05, 4.69) is 5.32 Å². The molecule has 1 amide bonds. The quantitative estimate of drug-likeness (QED) is 0.905. The van der Waals surface area contributed by atoms with Crippen LogP contribution < -0.4 is 10.1 Å². The largest absolute Gasteiger partial charge is 0.481 e. The summed E-state index contributed by atoms with van der Waals surface area (Å²) in [7, 11) is 1.94. The van der Waals surface area contributed by atoms with Gasteiger partial charge in [-0.15, -0.1) is 0 Å². The fourth-order valence-corrected chi connectivity index (χ4v) is 2.72. The molecule has 0 saturated carbocycles. The maximum absolute atomic E-state index is 12.3. The van der Waals surface area contributed by atoms with Crippen LogP contribution >= 0.6 is 11.6 Å². The van der Waals surface area contributed by atoms with Gasteiger partial charge in [-0.3, -0.25) is 4.79 Å². The Morgan fingerprint density at radius 3 is 3.10 bits per heavy atom. The second-order valence-corrected chi connectivity index (χ2v) is 5.65. The summed E-state index contributed by atoms with van der Waals surface area (Å²) in [6.45, 7) is 4.36. The molecule has 1 aliphatic rings. The van der Waals surface area contributed by atoms with Crippen LogP contribution in [0.25, 0.3) is 0 Å². The van der Waals surface area contributed by atoms with Crippen molar-refractivity contribution in [2.45, 2.75) is 19.4 Å². The van der Waals surface area contributed by atoms with Crippen LogP contribution in [-0.4, -0.2) is 43.6 Å². The van der Waals surface area contributed by atoms with Gasteiger partial charge in [-0.2, -0.15) is 0 Å². The highest BCUT2D eigenvalue weighted by Crippen LogP contribution is 2.21. The number of carbonyl (C=O) groups is 1. The van der Waals surface area contributed by atoms with Crippen molar-refractivity contribution in [2.75, 3.05) is 26.7 Å². The van der Waals surface area contributed by atoms with Crippen LogP contribution in [0.4, 0.5) is 0 Å². The highest BCUT2D eigenvalue weighted by Gasteiger charge is 2.29. The Balaban J connectivity index is 1.89. The topological polar surface area (TPSA) is 41.6 Å². The Hall–Kier alpha value is -1.26. The van der Waals surface area contributed by atoms with Crippen molar-refractivity contribution in [3.8, 4) is 5.75 Å². The summed E-state index contributed by atoms with van der Waals surface area (Å²) < 4.78 is 5.67. The third-order valence-corrected chi connectivity index (χ3v) is 3.78. The zero-order valence-electron chi connectivity index (χ0n) is 11.9. The first-order chi connectivity index (χ1) is 9.60. The second-order valence-electron chi connectivity index (χ2n) is 5.21. The Morgan fingerprint density at radius 2 is 2.40 bits per heavy atom. The number of halogens is 1. The van der Waals surface area contributed by atoms with Crippen LogP contribution in [0.2, 0.25) is 5.02 Å². The van der Waals surface area contributed by atoms with Crippen LogP contribution in [0, 0.1) is 5.92 Å². The van der Waals surface area contributed by atoms with Crippen molar-refractivity contribution in [1.82, 2.24) is 10.2 Å². The van der Waals surface area contributed by atoms with Gasteiger partial charge in [-0.05, 0) is 51.1 Å². The van der Waals surface area contributed by atoms with Crippen molar-refractivity contribution < 1.29 is 9.53 Å². The molecule has 2 rings (SSSR count).